The Bertz CT molecular complexity index is 167. The van der Waals surface area contributed by atoms with E-state index in [1.165, 1.54) is 0 Å². The smallest absolute Gasteiger partial charge is 0.304 e. The monoisotopic (exact) mass is 186 g/mol. The molecule has 13 heavy (non-hydrogen) atoms. The van der Waals surface area contributed by atoms with Crippen LogP contribution in [0.3, 0.4) is 0 Å². The number of carboxylic acid groups (broad SMARTS) is 1. The molecule has 1 heterocycles. The van der Waals surface area contributed by atoms with E-state index < -0.39 is 5.97 Å². The standard InChI is InChI=1S/C9H18N2O2/c1-2-11(6-4-9(12)13)8-3-5-10-7-8/h8,10H,2-7H2,1H3,(H,12,13). The third-order valence-corrected chi connectivity index (χ3v) is 2.57. The van der Waals surface area contributed by atoms with Crippen LogP contribution in [0, 0.1) is 0 Å². The van der Waals surface area contributed by atoms with Crippen LogP contribution in [0.2, 0.25) is 0 Å². The zero-order valence-electron chi connectivity index (χ0n) is 8.12. The molecule has 1 aliphatic heterocycles. The van der Waals surface area contributed by atoms with Gasteiger partial charge in [0.05, 0.1) is 6.42 Å². The number of carboxylic acids is 1. The highest BCUT2D eigenvalue weighted by atomic mass is 16.4. The molecule has 0 aromatic carbocycles. The minimum atomic E-state index is -0.704. The van der Waals surface area contributed by atoms with E-state index in [0.717, 1.165) is 26.1 Å². The van der Waals surface area contributed by atoms with Crippen molar-refractivity contribution >= 4 is 5.97 Å². The van der Waals surface area contributed by atoms with Gasteiger partial charge in [0.15, 0.2) is 0 Å². The fourth-order valence-corrected chi connectivity index (χ4v) is 1.79. The zero-order chi connectivity index (χ0) is 9.68. The maximum absolute atomic E-state index is 10.4. The Balaban J connectivity index is 2.28. The third kappa shape index (κ3) is 3.32. The number of hydrogen-bond donors (Lipinski definition) is 2. The first kappa shape index (κ1) is 10.5. The number of aliphatic carboxylic acids is 1. The number of nitrogens with zero attached hydrogens (tertiary/aromatic N) is 1. The van der Waals surface area contributed by atoms with E-state index in [0.29, 0.717) is 12.6 Å². The van der Waals surface area contributed by atoms with Crippen molar-refractivity contribution in [3.8, 4) is 0 Å². The Morgan fingerprint density at radius 3 is 2.92 bits per heavy atom. The Labute approximate surface area is 78.9 Å². The van der Waals surface area contributed by atoms with E-state index >= 15 is 0 Å². The normalized spacial score (nSPS) is 22.5. The summed E-state index contributed by atoms with van der Waals surface area (Å²) >= 11 is 0. The Kier molecular flexibility index (Phi) is 4.18. The second-order valence-corrected chi connectivity index (χ2v) is 3.42. The van der Waals surface area contributed by atoms with Crippen LogP contribution in [-0.2, 0) is 4.79 Å². The Morgan fingerprint density at radius 1 is 1.69 bits per heavy atom. The molecule has 0 spiro atoms. The zero-order valence-corrected chi connectivity index (χ0v) is 8.12. The molecule has 0 aromatic heterocycles. The summed E-state index contributed by atoms with van der Waals surface area (Å²) in [5.41, 5.74) is 0. The highest BCUT2D eigenvalue weighted by Crippen LogP contribution is 2.08. The van der Waals surface area contributed by atoms with Crippen LogP contribution in [0.25, 0.3) is 0 Å². The molecule has 76 valence electrons. The van der Waals surface area contributed by atoms with Gasteiger partial charge in [0, 0.05) is 19.1 Å². The van der Waals surface area contributed by atoms with E-state index in [-0.39, 0.29) is 6.42 Å². The first-order chi connectivity index (χ1) is 6.24. The summed E-state index contributed by atoms with van der Waals surface area (Å²) in [6, 6.07) is 0.546. The summed E-state index contributed by atoms with van der Waals surface area (Å²) in [5, 5.41) is 11.8. The van der Waals surface area contributed by atoms with Gasteiger partial charge < -0.3 is 10.4 Å². The van der Waals surface area contributed by atoms with Crippen molar-refractivity contribution in [2.45, 2.75) is 25.8 Å². The summed E-state index contributed by atoms with van der Waals surface area (Å²) in [6.07, 6.45) is 1.40. The van der Waals surface area contributed by atoms with Crippen molar-refractivity contribution in [3.05, 3.63) is 0 Å². The molecule has 2 N–H and O–H groups in total. The van der Waals surface area contributed by atoms with E-state index in [1.54, 1.807) is 0 Å². The highest BCUT2D eigenvalue weighted by molar-refractivity contribution is 5.66. The summed E-state index contributed by atoms with van der Waals surface area (Å²) < 4.78 is 0. The molecule has 0 radical (unpaired) electrons. The molecule has 4 nitrogen and oxygen atoms in total. The SMILES string of the molecule is CCN(CCC(=O)O)C1CCNC1. The van der Waals surface area contributed by atoms with Gasteiger partial charge in [-0.25, -0.2) is 0 Å². The molecule has 0 amide bonds. The second kappa shape index (κ2) is 5.19. The maximum Gasteiger partial charge on any atom is 0.304 e. The minimum Gasteiger partial charge on any atom is -0.481 e. The van der Waals surface area contributed by atoms with Crippen LogP contribution in [0.4, 0.5) is 0 Å². The van der Waals surface area contributed by atoms with Crippen LogP contribution >= 0.6 is 0 Å². The van der Waals surface area contributed by atoms with Gasteiger partial charge in [0.2, 0.25) is 0 Å². The number of nitrogens with one attached hydrogen (secondary N) is 1. The van der Waals surface area contributed by atoms with Crippen LogP contribution in [0.15, 0.2) is 0 Å². The largest absolute Gasteiger partial charge is 0.481 e. The first-order valence-electron chi connectivity index (χ1n) is 4.90. The molecule has 1 unspecified atom stereocenters. The van der Waals surface area contributed by atoms with Crippen molar-refractivity contribution in [2.75, 3.05) is 26.2 Å². The molecule has 4 heteroatoms. The van der Waals surface area contributed by atoms with Crippen LogP contribution in [0.1, 0.15) is 19.8 Å². The van der Waals surface area contributed by atoms with E-state index in [2.05, 4.69) is 17.1 Å². The van der Waals surface area contributed by atoms with Crippen molar-refractivity contribution in [2.24, 2.45) is 0 Å². The van der Waals surface area contributed by atoms with Gasteiger partial charge in [-0.05, 0) is 19.5 Å². The summed E-state index contributed by atoms with van der Waals surface area (Å²) in [7, 11) is 0. The average Bonchev–Trinajstić information content (AvgIpc) is 2.58. The lowest BCUT2D eigenvalue weighted by Crippen LogP contribution is -2.38. The van der Waals surface area contributed by atoms with Gasteiger partial charge in [-0.1, -0.05) is 6.92 Å². The molecule has 0 aliphatic carbocycles. The fraction of sp³-hybridized carbons (Fsp3) is 0.889. The molecule has 1 rings (SSSR count). The van der Waals surface area contributed by atoms with Crippen LogP contribution in [0.5, 0.6) is 0 Å². The highest BCUT2D eigenvalue weighted by Gasteiger charge is 2.20. The lowest BCUT2D eigenvalue weighted by Gasteiger charge is -2.25. The van der Waals surface area contributed by atoms with Crippen LogP contribution < -0.4 is 5.32 Å². The molecule has 1 fully saturated rings. The summed E-state index contributed by atoms with van der Waals surface area (Å²) in [4.78, 5) is 12.6. The number of rotatable bonds is 5. The Hall–Kier alpha value is -0.610. The molecule has 0 bridgehead atoms. The van der Waals surface area contributed by atoms with Gasteiger partial charge >= 0.3 is 5.97 Å². The lowest BCUT2D eigenvalue weighted by atomic mass is 10.2. The topological polar surface area (TPSA) is 52.6 Å². The molecule has 0 saturated carbocycles. The van der Waals surface area contributed by atoms with Gasteiger partial charge in [0.25, 0.3) is 0 Å². The molecule has 1 atom stereocenters. The van der Waals surface area contributed by atoms with E-state index in [4.69, 9.17) is 5.11 Å². The average molecular weight is 186 g/mol. The Morgan fingerprint density at radius 2 is 2.46 bits per heavy atom. The van der Waals surface area contributed by atoms with E-state index in [1.807, 2.05) is 0 Å². The van der Waals surface area contributed by atoms with E-state index in [9.17, 15) is 4.79 Å². The van der Waals surface area contributed by atoms with Crippen molar-refractivity contribution in [3.63, 3.8) is 0 Å². The first-order valence-corrected chi connectivity index (χ1v) is 4.90. The quantitative estimate of drug-likeness (QED) is 0.641. The molecular weight excluding hydrogens is 168 g/mol. The predicted octanol–water partition coefficient (Wildman–Crippen LogP) is 0.145. The van der Waals surface area contributed by atoms with Gasteiger partial charge in [-0.3, -0.25) is 9.69 Å². The number of hydrogen-bond acceptors (Lipinski definition) is 3. The third-order valence-electron chi connectivity index (χ3n) is 2.57. The fourth-order valence-electron chi connectivity index (χ4n) is 1.79. The van der Waals surface area contributed by atoms with Gasteiger partial charge in [-0.15, -0.1) is 0 Å². The number of carbonyl (C=O) groups is 1. The minimum absolute atomic E-state index is 0.254. The molecule has 1 aliphatic rings. The summed E-state index contributed by atoms with van der Waals surface area (Å²) in [6.45, 7) is 5.78. The van der Waals surface area contributed by atoms with Crippen molar-refractivity contribution in [1.29, 1.82) is 0 Å². The summed E-state index contributed by atoms with van der Waals surface area (Å²) in [5.74, 6) is -0.704. The molecular formula is C9H18N2O2. The maximum atomic E-state index is 10.4. The lowest BCUT2D eigenvalue weighted by molar-refractivity contribution is -0.137. The van der Waals surface area contributed by atoms with Crippen molar-refractivity contribution in [1.82, 2.24) is 10.2 Å². The number of likely N-dealkylation sites (N-methyl/N-ethyl adjacent to an activating group) is 1. The van der Waals surface area contributed by atoms with Gasteiger partial charge in [-0.2, -0.15) is 0 Å². The predicted molar refractivity (Wildman–Crippen MR) is 50.8 cm³/mol. The molecule has 0 aromatic rings. The second-order valence-electron chi connectivity index (χ2n) is 3.42. The van der Waals surface area contributed by atoms with Gasteiger partial charge in [0.1, 0.15) is 0 Å². The van der Waals surface area contributed by atoms with Crippen molar-refractivity contribution < 1.29 is 9.90 Å². The van der Waals surface area contributed by atoms with Crippen LogP contribution in [-0.4, -0.2) is 48.2 Å². The molecule has 1 saturated heterocycles.